The fourth-order valence-electron chi connectivity index (χ4n) is 5.02. The number of carbonyl (C=O) groups is 3. The van der Waals surface area contributed by atoms with E-state index in [1.807, 2.05) is 35.8 Å². The lowest BCUT2D eigenvalue weighted by Gasteiger charge is -2.25. The number of nitrogens with zero attached hydrogens (tertiary/aromatic N) is 2. The number of benzene rings is 1. The second-order valence-electron chi connectivity index (χ2n) is 11.4. The maximum absolute atomic E-state index is 13.1. The largest absolute Gasteiger partial charge is 0.463 e. The molecule has 1 amide bonds. The summed E-state index contributed by atoms with van der Waals surface area (Å²) in [5, 5.41) is 11.6. The Labute approximate surface area is 248 Å². The lowest BCUT2D eigenvalue weighted by atomic mass is 9.93. The van der Waals surface area contributed by atoms with Crippen LogP contribution in [0.4, 0.5) is 10.6 Å². The number of alkyl carbamates (subject to hydrolysis) is 1. The van der Waals surface area contributed by atoms with Crippen LogP contribution in [0, 0.1) is 11.8 Å². The van der Waals surface area contributed by atoms with Crippen molar-refractivity contribution < 1.29 is 43.3 Å². The van der Waals surface area contributed by atoms with Crippen molar-refractivity contribution in [3.05, 3.63) is 58.6 Å². The van der Waals surface area contributed by atoms with Crippen molar-refractivity contribution in [2.45, 2.75) is 84.0 Å². The normalized spacial score (nSPS) is 23.7. The number of anilines is 1. The minimum Gasteiger partial charge on any atom is -0.463 e. The number of fused-ring (bicyclic) bond motifs is 1. The fraction of sp³-hybridized carbons (Fsp3) is 0.552. The van der Waals surface area contributed by atoms with Gasteiger partial charge in [-0.3, -0.25) is 24.8 Å². The second-order valence-corrected chi connectivity index (χ2v) is 11.4. The van der Waals surface area contributed by atoms with Crippen molar-refractivity contribution >= 4 is 23.7 Å². The van der Waals surface area contributed by atoms with Crippen LogP contribution in [0.2, 0.25) is 0 Å². The van der Waals surface area contributed by atoms with E-state index in [1.165, 1.54) is 16.8 Å². The van der Waals surface area contributed by atoms with Crippen LogP contribution in [0.5, 0.6) is 0 Å². The molecule has 0 radical (unpaired) electrons. The molecule has 0 aliphatic carbocycles. The standard InChI is InChI=1S/C29H38N4O10/c1-16(2)22(31-28(37)40-14-18-9-7-6-8-10-18)19(34)13-17(3)26(35)39-15-20-23-24(43-29(4,5)42-23)25(41-20)33-12-11-21(32-38)30-27(33)36/h6-12,16-17,20,22-25,38H,13-15H2,1-5H3,(H,31,37)(H,30,32,36)/t17-,20-,22+,23-,24-,25-/m1/s1. The summed E-state index contributed by atoms with van der Waals surface area (Å²) in [7, 11) is 0. The van der Waals surface area contributed by atoms with Gasteiger partial charge in [0.05, 0.1) is 12.0 Å². The molecule has 14 heteroatoms. The van der Waals surface area contributed by atoms with Gasteiger partial charge in [0.15, 0.2) is 23.6 Å². The molecule has 234 valence electrons. The van der Waals surface area contributed by atoms with Gasteiger partial charge >= 0.3 is 17.8 Å². The van der Waals surface area contributed by atoms with Gasteiger partial charge in [0.25, 0.3) is 0 Å². The van der Waals surface area contributed by atoms with Crippen LogP contribution in [0.25, 0.3) is 0 Å². The first kappa shape index (κ1) is 32.1. The van der Waals surface area contributed by atoms with Crippen molar-refractivity contribution in [2.24, 2.45) is 11.8 Å². The molecule has 14 nitrogen and oxygen atoms in total. The van der Waals surface area contributed by atoms with E-state index in [4.69, 9.17) is 28.9 Å². The molecule has 3 heterocycles. The van der Waals surface area contributed by atoms with Crippen molar-refractivity contribution in [3.63, 3.8) is 0 Å². The maximum atomic E-state index is 13.1. The molecule has 2 aromatic rings. The van der Waals surface area contributed by atoms with Gasteiger partial charge in [-0.25, -0.2) is 9.59 Å². The highest BCUT2D eigenvalue weighted by Crippen LogP contribution is 2.42. The molecule has 0 bridgehead atoms. The lowest BCUT2D eigenvalue weighted by molar-refractivity contribution is -0.203. The zero-order valence-corrected chi connectivity index (χ0v) is 24.7. The third-order valence-corrected chi connectivity index (χ3v) is 7.14. The monoisotopic (exact) mass is 602 g/mol. The Morgan fingerprint density at radius 3 is 2.42 bits per heavy atom. The summed E-state index contributed by atoms with van der Waals surface area (Å²) in [6.45, 7) is 8.41. The van der Waals surface area contributed by atoms with E-state index in [0.717, 1.165) is 5.56 Å². The Morgan fingerprint density at radius 2 is 1.77 bits per heavy atom. The molecule has 2 aliphatic heterocycles. The number of aromatic nitrogens is 2. The number of hydrogen-bond acceptors (Lipinski definition) is 12. The summed E-state index contributed by atoms with van der Waals surface area (Å²) < 4.78 is 30.0. The number of amides is 1. The van der Waals surface area contributed by atoms with Gasteiger partial charge in [-0.15, -0.1) is 0 Å². The molecule has 0 saturated carbocycles. The van der Waals surface area contributed by atoms with Gasteiger partial charge in [0.1, 0.15) is 31.5 Å². The molecule has 1 aromatic heterocycles. The number of carbonyl (C=O) groups excluding carboxylic acids is 3. The van der Waals surface area contributed by atoms with Gasteiger partial charge in [0, 0.05) is 12.6 Å². The zero-order valence-electron chi connectivity index (χ0n) is 24.7. The number of ketones is 1. The summed E-state index contributed by atoms with van der Waals surface area (Å²) in [6, 6.07) is 9.68. The Morgan fingerprint density at radius 1 is 1.07 bits per heavy atom. The first-order valence-corrected chi connectivity index (χ1v) is 14.1. The van der Waals surface area contributed by atoms with E-state index in [1.54, 1.807) is 34.6 Å². The van der Waals surface area contributed by atoms with E-state index in [2.05, 4.69) is 10.3 Å². The number of ether oxygens (including phenoxy) is 5. The predicted molar refractivity (Wildman–Crippen MR) is 150 cm³/mol. The third kappa shape index (κ3) is 7.96. The molecular formula is C29H38N4O10. The highest BCUT2D eigenvalue weighted by molar-refractivity contribution is 5.90. The third-order valence-electron chi connectivity index (χ3n) is 7.14. The van der Waals surface area contributed by atoms with E-state index in [-0.39, 0.29) is 37.2 Å². The van der Waals surface area contributed by atoms with Crippen LogP contribution in [-0.4, -0.2) is 69.4 Å². The van der Waals surface area contributed by atoms with Gasteiger partial charge < -0.3 is 29.0 Å². The molecule has 43 heavy (non-hydrogen) atoms. The highest BCUT2D eigenvalue weighted by Gasteiger charge is 2.56. The van der Waals surface area contributed by atoms with Crippen LogP contribution in [0.1, 0.15) is 52.8 Å². The molecule has 0 spiro atoms. The van der Waals surface area contributed by atoms with E-state index in [0.29, 0.717) is 0 Å². The van der Waals surface area contributed by atoms with Crippen molar-refractivity contribution in [1.82, 2.24) is 14.9 Å². The number of Topliss-reactive ketones (excluding diaryl/α,β-unsaturated/α-hetero) is 1. The Hall–Kier alpha value is -3.85. The summed E-state index contributed by atoms with van der Waals surface area (Å²) in [5.41, 5.74) is 1.93. The minimum absolute atomic E-state index is 0.0345. The Kier molecular flexibility index (Phi) is 10.2. The molecule has 6 atom stereocenters. The van der Waals surface area contributed by atoms with Crippen LogP contribution in [0.3, 0.4) is 0 Å². The van der Waals surface area contributed by atoms with Gasteiger partial charge in [-0.2, -0.15) is 4.98 Å². The van der Waals surface area contributed by atoms with Gasteiger partial charge in [0.2, 0.25) is 0 Å². The van der Waals surface area contributed by atoms with Gasteiger partial charge in [-0.05, 0) is 31.4 Å². The van der Waals surface area contributed by atoms with Gasteiger partial charge in [-0.1, -0.05) is 51.1 Å². The minimum atomic E-state index is -0.982. The van der Waals surface area contributed by atoms with Crippen molar-refractivity contribution in [3.8, 4) is 0 Å². The molecule has 0 unspecified atom stereocenters. The quantitative estimate of drug-likeness (QED) is 0.239. The lowest BCUT2D eigenvalue weighted by Crippen LogP contribution is -2.45. The fourth-order valence-corrected chi connectivity index (χ4v) is 5.02. The Balaban J connectivity index is 1.32. The molecule has 2 saturated heterocycles. The second kappa shape index (κ2) is 13.6. The van der Waals surface area contributed by atoms with Crippen LogP contribution in [0.15, 0.2) is 47.4 Å². The number of rotatable bonds is 12. The molecule has 2 fully saturated rings. The smallest absolute Gasteiger partial charge is 0.408 e. The van der Waals surface area contributed by atoms with Crippen molar-refractivity contribution in [2.75, 3.05) is 12.1 Å². The number of hydrogen-bond donors (Lipinski definition) is 3. The maximum Gasteiger partial charge on any atom is 0.408 e. The highest BCUT2D eigenvalue weighted by atomic mass is 16.8. The summed E-state index contributed by atoms with van der Waals surface area (Å²) >= 11 is 0. The first-order chi connectivity index (χ1) is 20.4. The van der Waals surface area contributed by atoms with Crippen LogP contribution < -0.4 is 16.5 Å². The van der Waals surface area contributed by atoms with Crippen molar-refractivity contribution in [1.29, 1.82) is 0 Å². The molecule has 4 rings (SSSR count). The molecule has 3 N–H and O–H groups in total. The van der Waals surface area contributed by atoms with E-state index < -0.39 is 60.0 Å². The number of nitrogens with one attached hydrogen (secondary N) is 2. The van der Waals surface area contributed by atoms with Crippen LogP contribution in [-0.2, 0) is 39.9 Å². The van der Waals surface area contributed by atoms with Crippen LogP contribution >= 0.6 is 0 Å². The summed E-state index contributed by atoms with van der Waals surface area (Å²) in [6.07, 6.45) is -2.58. The molecular weight excluding hydrogens is 564 g/mol. The molecule has 1 aromatic carbocycles. The first-order valence-electron chi connectivity index (χ1n) is 14.1. The van der Waals surface area contributed by atoms with E-state index in [9.17, 15) is 19.2 Å². The van der Waals surface area contributed by atoms with E-state index >= 15 is 0 Å². The summed E-state index contributed by atoms with van der Waals surface area (Å²) in [4.78, 5) is 54.6. The summed E-state index contributed by atoms with van der Waals surface area (Å²) in [5.74, 6) is -3.05. The molecule has 2 aliphatic rings. The Bertz CT molecular complexity index is 1350. The predicted octanol–water partition coefficient (Wildman–Crippen LogP) is 2.55. The topological polar surface area (TPSA) is 177 Å². The number of esters is 1. The average molecular weight is 603 g/mol. The SMILES string of the molecule is CC(C)[C@H](NC(=O)OCc1ccccc1)C(=O)C[C@@H](C)C(=O)OC[C@H]1O[C@@H](n2ccc(NO)nc2=O)[C@@H]2OC(C)(C)O[C@@H]21. The average Bonchev–Trinajstić information content (AvgIpc) is 3.46. The zero-order chi connectivity index (χ0) is 31.3.